The van der Waals surface area contributed by atoms with Gasteiger partial charge in [-0.15, -0.1) is 24.9 Å². The highest BCUT2D eigenvalue weighted by atomic mass is 32.2. The Morgan fingerprint density at radius 1 is 1.32 bits per heavy atom. The Hall–Kier alpha value is -2.58. The molecule has 7 atom stereocenters. The molecule has 3 heterocycles. The lowest BCUT2D eigenvalue weighted by Crippen LogP contribution is -2.59. The average Bonchev–Trinajstić information content (AvgIpc) is 3.47. The van der Waals surface area contributed by atoms with Crippen LogP contribution in [0.1, 0.15) is 37.8 Å². The number of esters is 1. The van der Waals surface area contributed by atoms with Gasteiger partial charge in [-0.05, 0) is 56.7 Å². The summed E-state index contributed by atoms with van der Waals surface area (Å²) in [5, 5.41) is 10.0. The number of nitrogens with zero attached hydrogens (tertiary/aromatic N) is 2. The first-order valence-electron chi connectivity index (χ1n) is 13.0. The van der Waals surface area contributed by atoms with Crippen LogP contribution in [0, 0.1) is 31.6 Å². The molecule has 0 saturated carbocycles. The van der Waals surface area contributed by atoms with Gasteiger partial charge < -0.3 is 19.6 Å². The SMILES string of the molecule is C=CCCOC(=O)[C@@H]1[C@@H]2CC(C)C3(S2)C(C(=O)N(CC=C)c2cc(C)ccc2C)N([C@H](C)CO)C(=O)[C@H]13. The number of carbonyl (C=O) groups is 3. The van der Waals surface area contributed by atoms with Crippen LogP contribution < -0.4 is 4.90 Å². The third-order valence-electron chi connectivity index (χ3n) is 8.23. The summed E-state index contributed by atoms with van der Waals surface area (Å²) < 4.78 is 4.78. The number of benzene rings is 1. The number of likely N-dealkylation sites (tertiary alicyclic amines) is 1. The Balaban J connectivity index is 1.81. The van der Waals surface area contributed by atoms with Crippen molar-refractivity contribution in [3.8, 4) is 0 Å². The summed E-state index contributed by atoms with van der Waals surface area (Å²) in [4.78, 5) is 45.2. The molecule has 2 amide bonds. The van der Waals surface area contributed by atoms with Crippen molar-refractivity contribution in [2.75, 3.05) is 24.7 Å². The van der Waals surface area contributed by atoms with Crippen molar-refractivity contribution in [2.24, 2.45) is 17.8 Å². The fourth-order valence-corrected chi connectivity index (χ4v) is 8.89. The zero-order valence-electron chi connectivity index (χ0n) is 22.2. The number of ether oxygens (including phenoxy) is 1. The third kappa shape index (κ3) is 4.32. The van der Waals surface area contributed by atoms with Gasteiger partial charge in [0, 0.05) is 17.5 Å². The van der Waals surface area contributed by atoms with Gasteiger partial charge in [-0.25, -0.2) is 0 Å². The van der Waals surface area contributed by atoms with Gasteiger partial charge in [0.2, 0.25) is 5.91 Å². The molecule has 1 N–H and O–H groups in total. The van der Waals surface area contributed by atoms with E-state index in [9.17, 15) is 19.5 Å². The molecule has 4 rings (SSSR count). The fraction of sp³-hybridized carbons (Fsp3) is 0.552. The van der Waals surface area contributed by atoms with Crippen LogP contribution in [0.5, 0.6) is 0 Å². The summed E-state index contributed by atoms with van der Waals surface area (Å²) in [5.74, 6) is -2.08. The molecule has 1 spiro atoms. The van der Waals surface area contributed by atoms with E-state index in [1.165, 1.54) is 0 Å². The molecular formula is C29H38N2O5S. The molecule has 3 aliphatic heterocycles. The van der Waals surface area contributed by atoms with E-state index in [-0.39, 0.29) is 48.7 Å². The summed E-state index contributed by atoms with van der Waals surface area (Å²) in [5.41, 5.74) is 2.74. The average molecular weight is 527 g/mol. The van der Waals surface area contributed by atoms with E-state index >= 15 is 0 Å². The standard InChI is InChI=1S/C29H38N2O5S/c1-7-9-13-36-28(35)23-22-15-19(5)29(37-22)24(23)26(33)31(20(6)16-32)25(29)27(34)30(12-8-2)21-14-17(3)10-11-18(21)4/h7-8,10-11,14,19-20,22-25,32H,1-2,9,12-13,15-16H2,3-6H3/t19?,20-,22+,23-,24+,25?,29?/m1/s1. The number of thioether (sulfide) groups is 1. The van der Waals surface area contributed by atoms with Crippen LogP contribution in [0.2, 0.25) is 0 Å². The van der Waals surface area contributed by atoms with Crippen LogP contribution in [-0.4, -0.2) is 69.6 Å². The molecule has 3 saturated heterocycles. The molecule has 2 bridgehead atoms. The Morgan fingerprint density at radius 2 is 2.05 bits per heavy atom. The van der Waals surface area contributed by atoms with Gasteiger partial charge in [0.05, 0.1) is 35.8 Å². The number of rotatable bonds is 10. The monoisotopic (exact) mass is 526 g/mol. The maximum atomic E-state index is 14.6. The lowest BCUT2D eigenvalue weighted by Gasteiger charge is -2.41. The highest BCUT2D eigenvalue weighted by molar-refractivity contribution is 8.02. The summed E-state index contributed by atoms with van der Waals surface area (Å²) in [6.07, 6.45) is 4.64. The molecule has 200 valence electrons. The highest BCUT2D eigenvalue weighted by Gasteiger charge is 2.77. The second-order valence-corrected chi connectivity index (χ2v) is 12.2. The quantitative estimate of drug-likeness (QED) is 0.285. The molecule has 0 radical (unpaired) electrons. The molecule has 8 heteroatoms. The maximum absolute atomic E-state index is 14.6. The van der Waals surface area contributed by atoms with Crippen LogP contribution in [0.15, 0.2) is 43.5 Å². The zero-order valence-corrected chi connectivity index (χ0v) is 23.0. The number of aliphatic hydroxyl groups excluding tert-OH is 1. The van der Waals surface area contributed by atoms with Crippen molar-refractivity contribution in [1.82, 2.24) is 4.90 Å². The molecule has 3 aliphatic rings. The summed E-state index contributed by atoms with van der Waals surface area (Å²) in [6.45, 7) is 15.6. The van der Waals surface area contributed by atoms with Crippen LogP contribution in [0.3, 0.4) is 0 Å². The van der Waals surface area contributed by atoms with Gasteiger partial charge in [0.15, 0.2) is 0 Å². The predicted molar refractivity (Wildman–Crippen MR) is 146 cm³/mol. The van der Waals surface area contributed by atoms with Crippen molar-refractivity contribution < 1.29 is 24.2 Å². The number of hydrogen-bond acceptors (Lipinski definition) is 6. The number of carbonyl (C=O) groups excluding carboxylic acids is 3. The van der Waals surface area contributed by atoms with Gasteiger partial charge in [-0.3, -0.25) is 14.4 Å². The van der Waals surface area contributed by atoms with Gasteiger partial charge >= 0.3 is 5.97 Å². The van der Waals surface area contributed by atoms with E-state index < -0.39 is 28.7 Å². The van der Waals surface area contributed by atoms with Crippen molar-refractivity contribution in [3.05, 3.63) is 54.6 Å². The molecule has 1 aromatic carbocycles. The van der Waals surface area contributed by atoms with Crippen LogP contribution in [0.25, 0.3) is 0 Å². The highest BCUT2D eigenvalue weighted by Crippen LogP contribution is 2.69. The minimum atomic E-state index is -0.817. The van der Waals surface area contributed by atoms with Crippen molar-refractivity contribution in [1.29, 1.82) is 0 Å². The second kappa shape index (κ2) is 10.7. The largest absolute Gasteiger partial charge is 0.465 e. The number of amides is 2. The smallest absolute Gasteiger partial charge is 0.310 e. The van der Waals surface area contributed by atoms with E-state index in [0.29, 0.717) is 6.42 Å². The molecule has 1 aromatic rings. The van der Waals surface area contributed by atoms with E-state index in [2.05, 4.69) is 20.1 Å². The molecule has 0 aromatic heterocycles. The molecule has 3 unspecified atom stereocenters. The number of aliphatic hydroxyl groups is 1. The van der Waals surface area contributed by atoms with Crippen LogP contribution >= 0.6 is 11.8 Å². The summed E-state index contributed by atoms with van der Waals surface area (Å²) in [6, 6.07) is 4.57. The first-order valence-corrected chi connectivity index (χ1v) is 13.9. The van der Waals surface area contributed by atoms with Crippen molar-refractivity contribution in [3.63, 3.8) is 0 Å². The van der Waals surface area contributed by atoms with Gasteiger partial charge in [0.25, 0.3) is 5.91 Å². The van der Waals surface area contributed by atoms with Crippen LogP contribution in [-0.2, 0) is 19.1 Å². The van der Waals surface area contributed by atoms with E-state index in [1.54, 1.807) is 40.6 Å². The third-order valence-corrected chi connectivity index (χ3v) is 10.3. The molecule has 3 fully saturated rings. The molecule has 0 aliphatic carbocycles. The number of anilines is 1. The second-order valence-electron chi connectivity index (χ2n) is 10.6. The topological polar surface area (TPSA) is 87.2 Å². The van der Waals surface area contributed by atoms with Crippen molar-refractivity contribution in [2.45, 2.75) is 62.6 Å². The lowest BCUT2D eigenvalue weighted by molar-refractivity contribution is -0.154. The minimum Gasteiger partial charge on any atom is -0.465 e. The fourth-order valence-electron chi connectivity index (χ4n) is 6.50. The zero-order chi connectivity index (χ0) is 27.1. The Morgan fingerprint density at radius 3 is 2.70 bits per heavy atom. The molecule has 7 nitrogen and oxygen atoms in total. The predicted octanol–water partition coefficient (Wildman–Crippen LogP) is 3.66. The normalized spacial score (nSPS) is 30.7. The number of aryl methyl sites for hydroxylation is 2. The van der Waals surface area contributed by atoms with E-state index in [4.69, 9.17) is 4.74 Å². The first-order chi connectivity index (χ1) is 17.6. The Labute approximate surface area is 223 Å². The number of hydrogen-bond donors (Lipinski definition) is 1. The molecular weight excluding hydrogens is 488 g/mol. The minimum absolute atomic E-state index is 0.0303. The van der Waals surface area contributed by atoms with Gasteiger partial charge in [0.1, 0.15) is 6.04 Å². The molecule has 37 heavy (non-hydrogen) atoms. The first kappa shape index (κ1) is 27.5. The lowest BCUT2D eigenvalue weighted by atomic mass is 9.66. The van der Waals surface area contributed by atoms with E-state index in [1.807, 2.05) is 32.0 Å². The van der Waals surface area contributed by atoms with Crippen LogP contribution in [0.4, 0.5) is 5.69 Å². The summed E-state index contributed by atoms with van der Waals surface area (Å²) in [7, 11) is 0. The maximum Gasteiger partial charge on any atom is 0.310 e. The Bertz CT molecular complexity index is 1110. The van der Waals surface area contributed by atoms with Gasteiger partial charge in [-0.2, -0.15) is 0 Å². The van der Waals surface area contributed by atoms with Crippen molar-refractivity contribution >= 4 is 35.2 Å². The van der Waals surface area contributed by atoms with Gasteiger partial charge in [-0.1, -0.05) is 31.2 Å². The Kier molecular flexibility index (Phi) is 7.91. The number of fused-ring (bicyclic) bond motifs is 1. The van der Waals surface area contributed by atoms with E-state index in [0.717, 1.165) is 23.2 Å². The summed E-state index contributed by atoms with van der Waals surface area (Å²) >= 11 is 1.60.